The summed E-state index contributed by atoms with van der Waals surface area (Å²) in [6.45, 7) is 9.58. The maximum Gasteiger partial charge on any atom is 0.338 e. The monoisotopic (exact) mass is 582 g/mol. The largest absolute Gasteiger partial charge is 0.493 e. The number of esters is 1. The lowest BCUT2D eigenvalue weighted by Gasteiger charge is -2.28. The molecule has 12 heteroatoms. The molecular formula is C30H38N4O8. The second-order valence-electron chi connectivity index (χ2n) is 9.26. The van der Waals surface area contributed by atoms with Gasteiger partial charge in [0.1, 0.15) is 0 Å². The van der Waals surface area contributed by atoms with Crippen molar-refractivity contribution in [1.82, 2.24) is 16.1 Å². The van der Waals surface area contributed by atoms with Crippen LogP contribution in [0, 0.1) is 0 Å². The highest BCUT2D eigenvalue weighted by Gasteiger charge is 2.32. The third-order valence-electron chi connectivity index (χ3n) is 6.22. The molecule has 3 amide bonds. The van der Waals surface area contributed by atoms with Gasteiger partial charge in [0.2, 0.25) is 0 Å². The summed E-state index contributed by atoms with van der Waals surface area (Å²) in [4.78, 5) is 37.1. The molecule has 0 saturated carbocycles. The Balaban J connectivity index is 1.65. The van der Waals surface area contributed by atoms with Gasteiger partial charge in [-0.3, -0.25) is 4.79 Å². The van der Waals surface area contributed by atoms with Gasteiger partial charge in [0.05, 0.1) is 44.3 Å². The van der Waals surface area contributed by atoms with E-state index in [1.54, 1.807) is 44.2 Å². The Morgan fingerprint density at radius 2 is 1.79 bits per heavy atom. The average molecular weight is 583 g/mol. The van der Waals surface area contributed by atoms with Gasteiger partial charge in [0.15, 0.2) is 29.6 Å². The first kappa shape index (κ1) is 31.8. The fourth-order valence-corrected chi connectivity index (χ4v) is 4.03. The molecule has 0 radical (unpaired) electrons. The molecule has 42 heavy (non-hydrogen) atoms. The summed E-state index contributed by atoms with van der Waals surface area (Å²) >= 11 is 0. The number of benzene rings is 2. The topological polar surface area (TPSA) is 146 Å². The normalized spacial score (nSPS) is 15.4. The third-order valence-corrected chi connectivity index (χ3v) is 6.22. The number of urea groups is 1. The number of nitrogens with one attached hydrogen (secondary N) is 3. The average Bonchev–Trinajstić information content (AvgIpc) is 2.96. The Hall–Kier alpha value is -4.74. The first-order valence-corrected chi connectivity index (χ1v) is 13.7. The molecule has 0 saturated heterocycles. The number of hydrazone groups is 1. The summed E-state index contributed by atoms with van der Waals surface area (Å²) in [5.74, 6) is 0.793. The van der Waals surface area contributed by atoms with Gasteiger partial charge < -0.3 is 34.3 Å². The van der Waals surface area contributed by atoms with E-state index in [1.807, 2.05) is 26.8 Å². The van der Waals surface area contributed by atoms with Crippen molar-refractivity contribution in [2.75, 3.05) is 26.9 Å². The Bertz CT molecular complexity index is 1340. The van der Waals surface area contributed by atoms with Crippen molar-refractivity contribution in [3.8, 4) is 23.0 Å². The van der Waals surface area contributed by atoms with Crippen molar-refractivity contribution in [3.63, 3.8) is 0 Å². The van der Waals surface area contributed by atoms with Crippen LogP contribution in [0.1, 0.15) is 58.2 Å². The summed E-state index contributed by atoms with van der Waals surface area (Å²) < 4.78 is 27.9. The number of allylic oxidation sites excluding steroid dienone is 1. The van der Waals surface area contributed by atoms with Gasteiger partial charge in [-0.2, -0.15) is 5.10 Å². The zero-order valence-electron chi connectivity index (χ0n) is 24.7. The molecule has 1 aliphatic heterocycles. The second kappa shape index (κ2) is 15.3. The van der Waals surface area contributed by atoms with E-state index in [2.05, 4.69) is 21.2 Å². The Kier molecular flexibility index (Phi) is 11.6. The highest BCUT2D eigenvalue weighted by Crippen LogP contribution is 2.34. The number of rotatable bonds is 14. The molecule has 0 spiro atoms. The molecule has 2 aromatic rings. The fourth-order valence-electron chi connectivity index (χ4n) is 4.03. The van der Waals surface area contributed by atoms with E-state index in [0.29, 0.717) is 40.7 Å². The van der Waals surface area contributed by atoms with Gasteiger partial charge >= 0.3 is 12.0 Å². The van der Waals surface area contributed by atoms with Crippen LogP contribution in [-0.4, -0.2) is 57.2 Å². The second-order valence-corrected chi connectivity index (χ2v) is 9.26. The van der Waals surface area contributed by atoms with Crippen molar-refractivity contribution in [2.45, 2.75) is 53.2 Å². The molecule has 226 valence electrons. The molecule has 0 aromatic heterocycles. The fraction of sp³-hybridized carbons (Fsp3) is 0.400. The Morgan fingerprint density at radius 3 is 2.48 bits per heavy atom. The van der Waals surface area contributed by atoms with Crippen molar-refractivity contribution in [2.24, 2.45) is 5.10 Å². The van der Waals surface area contributed by atoms with Crippen molar-refractivity contribution < 1.29 is 38.1 Å². The van der Waals surface area contributed by atoms with Gasteiger partial charge in [0, 0.05) is 5.70 Å². The Labute approximate surface area is 245 Å². The summed E-state index contributed by atoms with van der Waals surface area (Å²) in [7, 11) is 1.44. The van der Waals surface area contributed by atoms with E-state index in [4.69, 9.17) is 23.7 Å². The number of nitrogens with zero attached hydrogens (tertiary/aromatic N) is 1. The molecule has 3 rings (SSSR count). The van der Waals surface area contributed by atoms with Gasteiger partial charge in [-0.15, -0.1) is 0 Å². The zero-order chi connectivity index (χ0) is 30.6. The van der Waals surface area contributed by atoms with Crippen molar-refractivity contribution in [3.05, 3.63) is 58.8 Å². The van der Waals surface area contributed by atoms with Gasteiger partial charge in [-0.25, -0.2) is 15.0 Å². The molecule has 12 nitrogen and oxygen atoms in total. The first-order chi connectivity index (χ1) is 20.2. The quantitative estimate of drug-likeness (QED) is 0.172. The third kappa shape index (κ3) is 8.38. The highest BCUT2D eigenvalue weighted by molar-refractivity contribution is 5.95. The van der Waals surface area contributed by atoms with Crippen LogP contribution < -0.4 is 35.0 Å². The lowest BCUT2D eigenvalue weighted by Crippen LogP contribution is -2.45. The molecule has 3 N–H and O–H groups in total. The molecule has 2 aromatic carbocycles. The van der Waals surface area contributed by atoms with Crippen LogP contribution in [0.25, 0.3) is 0 Å². The number of carbonyl (C=O) groups excluding carboxylic acids is 3. The van der Waals surface area contributed by atoms with Crippen LogP contribution in [0.3, 0.4) is 0 Å². The smallest absolute Gasteiger partial charge is 0.338 e. The predicted octanol–water partition coefficient (Wildman–Crippen LogP) is 3.99. The molecule has 0 unspecified atom stereocenters. The number of ether oxygens (including phenoxy) is 5. The summed E-state index contributed by atoms with van der Waals surface area (Å²) in [5.41, 5.74) is 4.38. The number of carbonyl (C=O) groups is 3. The van der Waals surface area contributed by atoms with E-state index in [-0.39, 0.29) is 30.6 Å². The zero-order valence-corrected chi connectivity index (χ0v) is 24.7. The van der Waals surface area contributed by atoms with Gasteiger partial charge in [-0.1, -0.05) is 13.0 Å². The minimum Gasteiger partial charge on any atom is -0.493 e. The van der Waals surface area contributed by atoms with E-state index < -0.39 is 23.9 Å². The highest BCUT2D eigenvalue weighted by atomic mass is 16.5. The van der Waals surface area contributed by atoms with Gasteiger partial charge in [-0.05, 0) is 75.6 Å². The SMILES string of the molecule is CCOC(=O)C1=C(C)NC(=O)N[C@@H]1c1ccc(OCC(=O)N/N=C\c2ccc(O[C@H](C)CC)c(OCC)c2)c(OC)c1. The van der Waals surface area contributed by atoms with Crippen LogP contribution in [0.4, 0.5) is 4.79 Å². The number of hydrogen-bond donors (Lipinski definition) is 3. The van der Waals surface area contributed by atoms with E-state index >= 15 is 0 Å². The maximum atomic E-state index is 12.6. The van der Waals surface area contributed by atoms with Gasteiger partial charge in [0.25, 0.3) is 5.91 Å². The van der Waals surface area contributed by atoms with Crippen LogP contribution in [-0.2, 0) is 14.3 Å². The van der Waals surface area contributed by atoms with Crippen LogP contribution in [0.15, 0.2) is 52.8 Å². The summed E-state index contributed by atoms with van der Waals surface area (Å²) in [6.07, 6.45) is 2.40. The molecule has 1 heterocycles. The first-order valence-electron chi connectivity index (χ1n) is 13.7. The lowest BCUT2D eigenvalue weighted by atomic mass is 9.95. The van der Waals surface area contributed by atoms with Crippen molar-refractivity contribution in [1.29, 1.82) is 0 Å². The molecule has 2 atom stereocenters. The number of hydrogen-bond acceptors (Lipinski definition) is 9. The summed E-state index contributed by atoms with van der Waals surface area (Å²) in [5, 5.41) is 9.33. The van der Waals surface area contributed by atoms with Crippen molar-refractivity contribution >= 4 is 24.1 Å². The lowest BCUT2D eigenvalue weighted by molar-refractivity contribution is -0.139. The Morgan fingerprint density at radius 1 is 1.02 bits per heavy atom. The number of amides is 3. The minimum atomic E-state index is -0.766. The summed E-state index contributed by atoms with van der Waals surface area (Å²) in [6, 6.07) is 9.07. The van der Waals surface area contributed by atoms with Crippen LogP contribution in [0.2, 0.25) is 0 Å². The molecular weight excluding hydrogens is 544 g/mol. The van der Waals surface area contributed by atoms with Crippen LogP contribution >= 0.6 is 0 Å². The number of methoxy groups -OCH3 is 1. The standard InChI is InChI=1S/C30H38N4O8/c1-7-18(4)42-23-12-10-20(14-25(23)39-8-2)16-31-34-26(35)17-41-22-13-11-21(15-24(22)38-6)28-27(29(36)40-9-3)19(5)32-30(37)33-28/h10-16,18,28H,7-9,17H2,1-6H3,(H,34,35)(H2,32,33,37)/b31-16-/t18-,28-/m1/s1. The molecule has 0 aliphatic carbocycles. The molecule has 0 fully saturated rings. The van der Waals surface area contributed by atoms with E-state index in [0.717, 1.165) is 6.42 Å². The van der Waals surface area contributed by atoms with E-state index in [9.17, 15) is 14.4 Å². The minimum absolute atomic E-state index is 0.0476. The molecule has 0 bridgehead atoms. The van der Waals surface area contributed by atoms with E-state index in [1.165, 1.54) is 13.3 Å². The molecule has 1 aliphatic rings. The maximum absolute atomic E-state index is 12.6. The van der Waals surface area contributed by atoms with Crippen LogP contribution in [0.5, 0.6) is 23.0 Å². The predicted molar refractivity (Wildman–Crippen MR) is 156 cm³/mol.